The van der Waals surface area contributed by atoms with Gasteiger partial charge in [0.05, 0.1) is 16.8 Å². The molecule has 6 heteroatoms. The summed E-state index contributed by atoms with van der Waals surface area (Å²) in [5.41, 5.74) is 0.723. The second kappa shape index (κ2) is 6.49. The van der Waals surface area contributed by atoms with E-state index < -0.39 is 6.04 Å². The molecular weight excluding hydrogens is 314 g/mol. The Balaban J connectivity index is 1.74. The molecule has 2 atom stereocenters. The van der Waals surface area contributed by atoms with Crippen molar-refractivity contribution in [1.29, 1.82) is 0 Å². The first-order valence-electron chi connectivity index (χ1n) is 8.03. The average molecular weight is 336 g/mol. The number of para-hydroxylation sites is 1. The SMILES string of the molecule is CN1CCC[C@@H]1C(=O)N(C)[C@H]1CCN(c2ccccc2Cl)C1=O. The Bertz CT molecular complexity index is 622. The van der Waals surface area contributed by atoms with E-state index in [0.717, 1.165) is 25.1 Å². The lowest BCUT2D eigenvalue weighted by atomic mass is 10.1. The number of anilines is 1. The molecule has 2 aliphatic heterocycles. The lowest BCUT2D eigenvalue weighted by Gasteiger charge is -2.29. The van der Waals surface area contributed by atoms with Gasteiger partial charge in [-0.25, -0.2) is 0 Å². The van der Waals surface area contributed by atoms with Crippen LogP contribution in [0.15, 0.2) is 24.3 Å². The summed E-state index contributed by atoms with van der Waals surface area (Å²) in [4.78, 5) is 30.8. The van der Waals surface area contributed by atoms with Crippen LogP contribution >= 0.6 is 11.6 Å². The minimum Gasteiger partial charge on any atom is -0.332 e. The Morgan fingerprint density at radius 3 is 2.65 bits per heavy atom. The van der Waals surface area contributed by atoms with Gasteiger partial charge < -0.3 is 9.80 Å². The lowest BCUT2D eigenvalue weighted by Crippen LogP contribution is -2.49. The molecule has 0 aromatic heterocycles. The zero-order valence-corrected chi connectivity index (χ0v) is 14.3. The molecule has 0 radical (unpaired) electrons. The van der Waals surface area contributed by atoms with Crippen LogP contribution in [0.1, 0.15) is 19.3 Å². The zero-order chi connectivity index (χ0) is 16.6. The Hall–Kier alpha value is -1.59. The second-order valence-electron chi connectivity index (χ2n) is 6.33. The van der Waals surface area contributed by atoms with Crippen LogP contribution in [0.25, 0.3) is 0 Å². The number of carbonyl (C=O) groups is 2. The van der Waals surface area contributed by atoms with Crippen molar-refractivity contribution in [2.45, 2.75) is 31.3 Å². The molecule has 2 amide bonds. The molecule has 124 valence electrons. The highest BCUT2D eigenvalue weighted by Gasteiger charge is 2.40. The zero-order valence-electron chi connectivity index (χ0n) is 13.5. The van der Waals surface area contributed by atoms with Gasteiger partial charge in [-0.3, -0.25) is 14.5 Å². The maximum absolute atomic E-state index is 12.8. The summed E-state index contributed by atoms with van der Waals surface area (Å²) >= 11 is 6.20. The van der Waals surface area contributed by atoms with Crippen LogP contribution in [-0.2, 0) is 9.59 Å². The molecule has 0 N–H and O–H groups in total. The Morgan fingerprint density at radius 1 is 1.26 bits per heavy atom. The molecule has 1 aromatic rings. The first-order chi connectivity index (χ1) is 11.0. The van der Waals surface area contributed by atoms with Crippen LogP contribution in [0.3, 0.4) is 0 Å². The van der Waals surface area contributed by atoms with Crippen LogP contribution in [0.4, 0.5) is 5.69 Å². The van der Waals surface area contributed by atoms with Crippen LogP contribution < -0.4 is 4.90 Å². The van der Waals surface area contributed by atoms with Gasteiger partial charge in [0.15, 0.2) is 0 Å². The lowest BCUT2D eigenvalue weighted by molar-refractivity contribution is -0.140. The summed E-state index contributed by atoms with van der Waals surface area (Å²) in [5.74, 6) is -0.000964. The molecule has 2 heterocycles. The van der Waals surface area contributed by atoms with E-state index in [4.69, 9.17) is 11.6 Å². The van der Waals surface area contributed by atoms with Gasteiger partial charge in [0.25, 0.3) is 0 Å². The molecule has 0 spiro atoms. The van der Waals surface area contributed by atoms with Crippen LogP contribution in [-0.4, -0.2) is 60.9 Å². The number of carbonyl (C=O) groups excluding carboxylic acids is 2. The number of hydrogen-bond donors (Lipinski definition) is 0. The molecule has 0 aliphatic carbocycles. The quantitative estimate of drug-likeness (QED) is 0.848. The third-order valence-corrected chi connectivity index (χ3v) is 5.26. The molecule has 0 saturated carbocycles. The maximum Gasteiger partial charge on any atom is 0.249 e. The maximum atomic E-state index is 12.8. The Kier molecular flexibility index (Phi) is 4.60. The van der Waals surface area contributed by atoms with Gasteiger partial charge >= 0.3 is 0 Å². The van der Waals surface area contributed by atoms with Gasteiger partial charge in [0.1, 0.15) is 6.04 Å². The van der Waals surface area contributed by atoms with Crippen LogP contribution in [0, 0.1) is 0 Å². The highest BCUT2D eigenvalue weighted by molar-refractivity contribution is 6.34. The van der Waals surface area contributed by atoms with Crippen molar-refractivity contribution in [3.05, 3.63) is 29.3 Å². The van der Waals surface area contributed by atoms with Gasteiger partial charge in [0, 0.05) is 13.6 Å². The molecule has 1 aromatic carbocycles. The summed E-state index contributed by atoms with van der Waals surface area (Å²) in [6.45, 7) is 1.53. The van der Waals surface area contributed by atoms with E-state index in [1.165, 1.54) is 0 Å². The van der Waals surface area contributed by atoms with Crippen molar-refractivity contribution >= 4 is 29.1 Å². The van der Waals surface area contributed by atoms with Crippen LogP contribution in [0.2, 0.25) is 5.02 Å². The average Bonchev–Trinajstić information content (AvgIpc) is 3.12. The number of likely N-dealkylation sites (N-methyl/N-ethyl adjacent to an activating group) is 2. The van der Waals surface area contributed by atoms with E-state index in [2.05, 4.69) is 4.90 Å². The number of likely N-dealkylation sites (tertiary alicyclic amines) is 1. The molecule has 2 saturated heterocycles. The van der Waals surface area contributed by atoms with E-state index in [9.17, 15) is 9.59 Å². The number of benzene rings is 1. The van der Waals surface area contributed by atoms with E-state index in [-0.39, 0.29) is 17.9 Å². The molecular formula is C17H22ClN3O2. The molecule has 3 rings (SSSR count). The van der Waals surface area contributed by atoms with Crippen molar-refractivity contribution in [3.63, 3.8) is 0 Å². The van der Waals surface area contributed by atoms with E-state index in [1.807, 2.05) is 25.2 Å². The van der Waals surface area contributed by atoms with Gasteiger partial charge in [-0.1, -0.05) is 23.7 Å². The monoisotopic (exact) mass is 335 g/mol. The van der Waals surface area contributed by atoms with Crippen molar-refractivity contribution in [1.82, 2.24) is 9.80 Å². The second-order valence-corrected chi connectivity index (χ2v) is 6.74. The normalized spacial score (nSPS) is 25.2. The van der Waals surface area contributed by atoms with Crippen molar-refractivity contribution in [2.75, 3.05) is 32.1 Å². The topological polar surface area (TPSA) is 43.9 Å². The predicted octanol–water partition coefficient (Wildman–Crippen LogP) is 2.00. The summed E-state index contributed by atoms with van der Waals surface area (Å²) in [6, 6.07) is 6.84. The van der Waals surface area contributed by atoms with Gasteiger partial charge in [-0.2, -0.15) is 0 Å². The summed E-state index contributed by atoms with van der Waals surface area (Å²) < 4.78 is 0. The smallest absolute Gasteiger partial charge is 0.249 e. The number of nitrogens with zero attached hydrogens (tertiary/aromatic N) is 3. The Morgan fingerprint density at radius 2 is 2.00 bits per heavy atom. The van der Waals surface area contributed by atoms with E-state index in [0.29, 0.717) is 18.0 Å². The third-order valence-electron chi connectivity index (χ3n) is 4.94. The highest BCUT2D eigenvalue weighted by Crippen LogP contribution is 2.30. The third kappa shape index (κ3) is 2.95. The molecule has 23 heavy (non-hydrogen) atoms. The molecule has 5 nitrogen and oxygen atoms in total. The highest BCUT2D eigenvalue weighted by atomic mass is 35.5. The van der Waals surface area contributed by atoms with Crippen molar-refractivity contribution in [3.8, 4) is 0 Å². The molecule has 2 fully saturated rings. The number of hydrogen-bond acceptors (Lipinski definition) is 3. The molecule has 2 aliphatic rings. The summed E-state index contributed by atoms with van der Waals surface area (Å²) in [5, 5.41) is 0.561. The largest absolute Gasteiger partial charge is 0.332 e. The predicted molar refractivity (Wildman–Crippen MR) is 90.6 cm³/mol. The van der Waals surface area contributed by atoms with Gasteiger partial charge in [0.2, 0.25) is 11.8 Å². The minimum atomic E-state index is -0.396. The van der Waals surface area contributed by atoms with Gasteiger partial charge in [-0.15, -0.1) is 0 Å². The van der Waals surface area contributed by atoms with E-state index >= 15 is 0 Å². The Labute approximate surface area is 141 Å². The number of amides is 2. The van der Waals surface area contributed by atoms with E-state index in [1.54, 1.807) is 22.9 Å². The fraction of sp³-hybridized carbons (Fsp3) is 0.529. The standard InChI is InChI=1S/C17H22ClN3O2/c1-19-10-5-8-14(19)16(22)20(2)15-9-11-21(17(15)23)13-7-4-3-6-12(13)18/h3-4,6-7,14-15H,5,8-11H2,1-2H3/t14-,15+/m1/s1. The van der Waals surface area contributed by atoms with Crippen molar-refractivity contribution in [2.24, 2.45) is 0 Å². The molecule has 0 bridgehead atoms. The summed E-state index contributed by atoms with van der Waals surface area (Å²) in [7, 11) is 3.71. The molecule has 0 unspecified atom stereocenters. The first-order valence-corrected chi connectivity index (χ1v) is 8.41. The summed E-state index contributed by atoms with van der Waals surface area (Å²) in [6.07, 6.45) is 2.54. The fourth-order valence-corrected chi connectivity index (χ4v) is 3.78. The van der Waals surface area contributed by atoms with Crippen molar-refractivity contribution < 1.29 is 9.59 Å². The minimum absolute atomic E-state index is 0.0457. The van der Waals surface area contributed by atoms with Crippen LogP contribution in [0.5, 0.6) is 0 Å². The number of rotatable bonds is 3. The first kappa shape index (κ1) is 16.3. The number of halogens is 1. The fourth-order valence-electron chi connectivity index (χ4n) is 3.54. The van der Waals surface area contributed by atoms with Gasteiger partial charge in [-0.05, 0) is 45.0 Å².